The molecule has 9 nitrogen and oxygen atoms in total. The van der Waals surface area contributed by atoms with Crippen LogP contribution in [0, 0.1) is 19.7 Å². The molecule has 0 bridgehead atoms. The van der Waals surface area contributed by atoms with Crippen molar-refractivity contribution in [1.82, 2.24) is 4.98 Å². The van der Waals surface area contributed by atoms with Gasteiger partial charge in [0.2, 0.25) is 0 Å². The Hall–Kier alpha value is -4.25. The number of hydrogen-bond donors (Lipinski definition) is 1. The Kier molecular flexibility index (Phi) is 7.49. The Bertz CT molecular complexity index is 1480. The van der Waals surface area contributed by atoms with Crippen molar-refractivity contribution in [2.24, 2.45) is 0 Å². The van der Waals surface area contributed by atoms with Gasteiger partial charge >= 0.3 is 11.9 Å². The highest BCUT2D eigenvalue weighted by Crippen LogP contribution is 2.45. The Balaban J connectivity index is 1.96. The number of esters is 1. The third-order valence-electron chi connectivity index (χ3n) is 6.07. The van der Waals surface area contributed by atoms with E-state index < -0.39 is 35.3 Å². The summed E-state index contributed by atoms with van der Waals surface area (Å²) in [4.78, 5) is 44.9. The zero-order chi connectivity index (χ0) is 27.7. The van der Waals surface area contributed by atoms with Gasteiger partial charge in [0.15, 0.2) is 16.6 Å². The number of carbonyl (C=O) groups is 3. The summed E-state index contributed by atoms with van der Waals surface area (Å²) in [6.07, 6.45) is 0. The van der Waals surface area contributed by atoms with Crippen molar-refractivity contribution >= 4 is 39.9 Å². The van der Waals surface area contributed by atoms with Crippen molar-refractivity contribution in [1.29, 1.82) is 0 Å². The molecule has 1 aliphatic rings. The zero-order valence-corrected chi connectivity index (χ0v) is 22.1. The summed E-state index contributed by atoms with van der Waals surface area (Å²) in [5.41, 5.74) is 0.817. The van der Waals surface area contributed by atoms with Crippen molar-refractivity contribution in [3.8, 4) is 11.5 Å². The fourth-order valence-corrected chi connectivity index (χ4v) is 5.12. The van der Waals surface area contributed by atoms with Gasteiger partial charge in [-0.3, -0.25) is 14.5 Å². The Morgan fingerprint density at radius 2 is 1.82 bits per heavy atom. The summed E-state index contributed by atoms with van der Waals surface area (Å²) in [7, 11) is 2.90. The van der Waals surface area contributed by atoms with Crippen LogP contribution >= 0.6 is 11.3 Å². The van der Waals surface area contributed by atoms with Gasteiger partial charge in [0.25, 0.3) is 5.78 Å². The highest BCUT2D eigenvalue weighted by atomic mass is 32.1. The van der Waals surface area contributed by atoms with Gasteiger partial charge in [0, 0.05) is 5.56 Å². The first-order chi connectivity index (χ1) is 18.1. The second kappa shape index (κ2) is 10.6. The van der Waals surface area contributed by atoms with E-state index in [9.17, 15) is 23.9 Å². The summed E-state index contributed by atoms with van der Waals surface area (Å²) in [5.74, 6) is -2.98. The molecule has 198 valence electrons. The maximum absolute atomic E-state index is 14.4. The SMILES string of the molecule is CCOC(=O)c1sc(N2C(=O)C(=O)/C(=C(\O)c3ccc(C)c(F)c3)C2c2ccc(OC)c(OC)c2)nc1C. The second-order valence-electron chi connectivity index (χ2n) is 8.38. The molecular formula is C27H25FN2O7S. The quantitative estimate of drug-likeness (QED) is 0.198. The van der Waals surface area contributed by atoms with E-state index in [2.05, 4.69) is 4.98 Å². The minimum absolute atomic E-state index is 0.0270. The number of rotatable bonds is 7. The molecule has 1 unspecified atom stereocenters. The average Bonchev–Trinajstić information content (AvgIpc) is 3.41. The number of ether oxygens (including phenoxy) is 3. The molecule has 1 amide bonds. The van der Waals surface area contributed by atoms with Gasteiger partial charge in [-0.2, -0.15) is 0 Å². The molecule has 2 heterocycles. The molecule has 0 radical (unpaired) electrons. The lowest BCUT2D eigenvalue weighted by Gasteiger charge is -2.23. The Labute approximate surface area is 222 Å². The number of aryl methyl sites for hydroxylation is 2. The van der Waals surface area contributed by atoms with Crippen LogP contribution in [-0.4, -0.2) is 48.6 Å². The molecule has 0 saturated carbocycles. The minimum Gasteiger partial charge on any atom is -0.507 e. The molecule has 11 heteroatoms. The summed E-state index contributed by atoms with van der Waals surface area (Å²) in [5, 5.41) is 11.3. The number of nitrogens with zero attached hydrogens (tertiary/aromatic N) is 2. The largest absolute Gasteiger partial charge is 0.507 e. The standard InChI is InChI=1S/C27H25FN2O7S/c1-6-37-26(34)24-14(3)29-27(38-24)30-21(15-9-10-18(35-4)19(12-15)36-5)20(23(32)25(30)33)22(31)16-8-7-13(2)17(28)11-16/h7-12,21,31H,6H2,1-5H3/b22-20-. The van der Waals surface area contributed by atoms with Crippen LogP contribution in [0.5, 0.6) is 11.5 Å². The van der Waals surface area contributed by atoms with Crippen LogP contribution in [0.1, 0.15) is 45.0 Å². The number of ketones is 1. The van der Waals surface area contributed by atoms with Gasteiger partial charge in [-0.1, -0.05) is 29.5 Å². The van der Waals surface area contributed by atoms with Crippen LogP contribution in [0.3, 0.4) is 0 Å². The number of amides is 1. The number of halogens is 1. The zero-order valence-electron chi connectivity index (χ0n) is 21.3. The number of anilines is 1. The van der Waals surface area contributed by atoms with Crippen LogP contribution in [0.2, 0.25) is 0 Å². The van der Waals surface area contributed by atoms with E-state index >= 15 is 0 Å². The summed E-state index contributed by atoms with van der Waals surface area (Å²) in [6, 6.07) is 7.62. The molecule has 2 aromatic carbocycles. The number of benzene rings is 2. The minimum atomic E-state index is -1.17. The van der Waals surface area contributed by atoms with Crippen molar-refractivity contribution in [3.05, 3.63) is 75.0 Å². The third-order valence-corrected chi connectivity index (χ3v) is 7.20. The van der Waals surface area contributed by atoms with Crippen LogP contribution in [0.4, 0.5) is 9.52 Å². The number of methoxy groups -OCH3 is 2. The van der Waals surface area contributed by atoms with Gasteiger partial charge < -0.3 is 19.3 Å². The number of carbonyl (C=O) groups excluding carboxylic acids is 3. The van der Waals surface area contributed by atoms with E-state index in [1.54, 1.807) is 39.0 Å². The predicted octanol–water partition coefficient (Wildman–Crippen LogP) is 4.72. The maximum atomic E-state index is 14.4. The van der Waals surface area contributed by atoms with Crippen molar-refractivity contribution < 1.29 is 38.1 Å². The summed E-state index contributed by atoms with van der Waals surface area (Å²) in [6.45, 7) is 4.96. The van der Waals surface area contributed by atoms with Gasteiger partial charge in [-0.15, -0.1) is 0 Å². The predicted molar refractivity (Wildman–Crippen MR) is 138 cm³/mol. The van der Waals surface area contributed by atoms with E-state index in [1.807, 2.05) is 0 Å². The average molecular weight is 541 g/mol. The van der Waals surface area contributed by atoms with Gasteiger partial charge in [0.05, 0.1) is 38.1 Å². The number of Topliss-reactive ketones (excluding diaryl/α,β-unsaturated/α-hetero) is 1. The molecule has 3 aromatic rings. The van der Waals surface area contributed by atoms with E-state index in [-0.39, 0.29) is 27.8 Å². The smallest absolute Gasteiger partial charge is 0.350 e. The molecule has 1 aromatic heterocycles. The van der Waals surface area contributed by atoms with Gasteiger partial charge in [-0.05, 0) is 50.1 Å². The number of aliphatic hydroxyl groups is 1. The van der Waals surface area contributed by atoms with E-state index in [0.29, 0.717) is 28.3 Å². The maximum Gasteiger partial charge on any atom is 0.350 e. The molecule has 1 N–H and O–H groups in total. The number of hydrogen-bond acceptors (Lipinski definition) is 9. The van der Waals surface area contributed by atoms with Gasteiger partial charge in [0.1, 0.15) is 16.5 Å². The molecule has 1 saturated heterocycles. The molecule has 0 aliphatic carbocycles. The lowest BCUT2D eigenvalue weighted by atomic mass is 9.94. The van der Waals surface area contributed by atoms with E-state index in [0.717, 1.165) is 22.3 Å². The van der Waals surface area contributed by atoms with Crippen LogP contribution in [0.15, 0.2) is 42.0 Å². The number of aliphatic hydroxyl groups excluding tert-OH is 1. The summed E-state index contributed by atoms with van der Waals surface area (Å²) >= 11 is 0.888. The number of aromatic nitrogens is 1. The molecule has 1 aliphatic heterocycles. The lowest BCUT2D eigenvalue weighted by Crippen LogP contribution is -2.29. The first-order valence-electron chi connectivity index (χ1n) is 11.6. The number of thiazole rings is 1. The van der Waals surface area contributed by atoms with Crippen molar-refractivity contribution in [2.45, 2.75) is 26.8 Å². The monoisotopic (exact) mass is 540 g/mol. The fourth-order valence-electron chi connectivity index (χ4n) is 4.14. The topological polar surface area (TPSA) is 115 Å². The molecule has 38 heavy (non-hydrogen) atoms. The highest BCUT2D eigenvalue weighted by Gasteiger charge is 2.48. The molecule has 1 fully saturated rings. The lowest BCUT2D eigenvalue weighted by molar-refractivity contribution is -0.132. The Morgan fingerprint density at radius 1 is 1.11 bits per heavy atom. The van der Waals surface area contributed by atoms with Crippen LogP contribution in [-0.2, 0) is 14.3 Å². The highest BCUT2D eigenvalue weighted by molar-refractivity contribution is 7.17. The van der Waals surface area contributed by atoms with Crippen molar-refractivity contribution in [2.75, 3.05) is 25.7 Å². The fraction of sp³-hybridized carbons (Fsp3) is 0.259. The van der Waals surface area contributed by atoms with E-state index in [4.69, 9.17) is 14.2 Å². The van der Waals surface area contributed by atoms with Gasteiger partial charge in [-0.25, -0.2) is 14.2 Å². The first kappa shape index (κ1) is 26.8. The first-order valence-corrected chi connectivity index (χ1v) is 12.4. The molecule has 1 atom stereocenters. The molecule has 0 spiro atoms. The normalized spacial score (nSPS) is 16.6. The van der Waals surface area contributed by atoms with Crippen molar-refractivity contribution in [3.63, 3.8) is 0 Å². The second-order valence-corrected chi connectivity index (χ2v) is 9.36. The van der Waals surface area contributed by atoms with Crippen LogP contribution < -0.4 is 14.4 Å². The Morgan fingerprint density at radius 3 is 2.45 bits per heavy atom. The van der Waals surface area contributed by atoms with Crippen LogP contribution in [0.25, 0.3) is 5.76 Å². The summed E-state index contributed by atoms with van der Waals surface area (Å²) < 4.78 is 30.1. The molecule has 4 rings (SSSR count). The van der Waals surface area contributed by atoms with E-state index in [1.165, 1.54) is 26.4 Å². The molecular weight excluding hydrogens is 515 g/mol. The third kappa shape index (κ3) is 4.60.